The lowest BCUT2D eigenvalue weighted by atomic mass is 10.1. The first-order chi connectivity index (χ1) is 11.6. The Kier molecular flexibility index (Phi) is 4.77. The molecule has 0 unspecified atom stereocenters. The van der Waals surface area contributed by atoms with Crippen molar-refractivity contribution in [2.75, 3.05) is 6.54 Å². The van der Waals surface area contributed by atoms with E-state index >= 15 is 0 Å². The van der Waals surface area contributed by atoms with Crippen LogP contribution in [0.25, 0.3) is 6.08 Å². The van der Waals surface area contributed by atoms with Gasteiger partial charge in [-0.2, -0.15) is 4.99 Å². The fourth-order valence-corrected chi connectivity index (χ4v) is 3.70. The summed E-state index contributed by atoms with van der Waals surface area (Å²) in [6, 6.07) is 6.18. The van der Waals surface area contributed by atoms with Gasteiger partial charge in [-0.15, -0.1) is 11.3 Å². The van der Waals surface area contributed by atoms with Crippen LogP contribution >= 0.6 is 23.1 Å². The Hall–Kier alpha value is -2.45. The Balaban J connectivity index is 1.88. The molecule has 6 nitrogen and oxygen atoms in total. The molecule has 2 aromatic rings. The Morgan fingerprint density at radius 3 is 2.71 bits per heavy atom. The van der Waals surface area contributed by atoms with Crippen LogP contribution in [0.5, 0.6) is 0 Å². The number of amidine groups is 1. The Morgan fingerprint density at radius 1 is 1.38 bits per heavy atom. The maximum absolute atomic E-state index is 12.5. The minimum Gasteiger partial charge on any atom is -0.545 e. The van der Waals surface area contributed by atoms with Gasteiger partial charge in [-0.1, -0.05) is 24.3 Å². The van der Waals surface area contributed by atoms with Crippen molar-refractivity contribution in [2.24, 2.45) is 4.99 Å². The van der Waals surface area contributed by atoms with Gasteiger partial charge in [0.15, 0.2) is 5.17 Å². The summed E-state index contributed by atoms with van der Waals surface area (Å²) in [6.45, 7) is 2.39. The van der Waals surface area contributed by atoms with Gasteiger partial charge in [0.1, 0.15) is 0 Å². The number of amides is 1. The van der Waals surface area contributed by atoms with Crippen LogP contribution in [0.15, 0.2) is 45.7 Å². The number of thioether (sulfide) groups is 1. The molecule has 1 aromatic carbocycles. The van der Waals surface area contributed by atoms with E-state index in [9.17, 15) is 14.7 Å². The highest BCUT2D eigenvalue weighted by Crippen LogP contribution is 2.34. The molecule has 0 atom stereocenters. The Labute approximate surface area is 146 Å². The molecule has 1 aliphatic heterocycles. The molecule has 0 spiro atoms. The second kappa shape index (κ2) is 6.98. The van der Waals surface area contributed by atoms with E-state index in [2.05, 4.69) is 9.98 Å². The molecule has 1 amide bonds. The first kappa shape index (κ1) is 16.4. The fraction of sp³-hybridized carbons (Fsp3) is 0.125. The van der Waals surface area contributed by atoms with Gasteiger partial charge in [-0.25, -0.2) is 4.98 Å². The SMILES string of the molecule is CCN1C(=O)/C(=C/c2ccc(C(=O)[O-])cc2)SC1=Nc1nccs1. The van der Waals surface area contributed by atoms with Crippen LogP contribution in [0.3, 0.4) is 0 Å². The van der Waals surface area contributed by atoms with Gasteiger partial charge >= 0.3 is 0 Å². The second-order valence-corrected chi connectivity index (χ2v) is 6.66. The van der Waals surface area contributed by atoms with Gasteiger partial charge in [0.25, 0.3) is 5.91 Å². The van der Waals surface area contributed by atoms with Crippen LogP contribution in [0.4, 0.5) is 5.13 Å². The Bertz CT molecular complexity index is 827. The average Bonchev–Trinajstić information content (AvgIpc) is 3.17. The predicted molar refractivity (Wildman–Crippen MR) is 92.9 cm³/mol. The number of carboxylic acids is 1. The first-order valence-electron chi connectivity index (χ1n) is 7.09. The molecule has 24 heavy (non-hydrogen) atoms. The van der Waals surface area contributed by atoms with Crippen molar-refractivity contribution in [3.63, 3.8) is 0 Å². The summed E-state index contributed by atoms with van der Waals surface area (Å²) in [5.74, 6) is -1.35. The molecule has 0 radical (unpaired) electrons. The van der Waals surface area contributed by atoms with E-state index in [1.807, 2.05) is 12.3 Å². The van der Waals surface area contributed by atoms with Crippen molar-refractivity contribution >= 4 is 51.4 Å². The summed E-state index contributed by atoms with van der Waals surface area (Å²) >= 11 is 2.68. The molecule has 3 rings (SSSR count). The number of benzene rings is 1. The van der Waals surface area contributed by atoms with Crippen molar-refractivity contribution in [3.05, 3.63) is 51.9 Å². The molecule has 0 N–H and O–H groups in total. The third-order valence-electron chi connectivity index (χ3n) is 3.26. The monoisotopic (exact) mass is 358 g/mol. The van der Waals surface area contributed by atoms with E-state index < -0.39 is 5.97 Å². The number of nitrogens with zero attached hydrogens (tertiary/aromatic N) is 3. The normalized spacial score (nSPS) is 17.9. The number of carbonyl (C=O) groups excluding carboxylic acids is 2. The van der Waals surface area contributed by atoms with Gasteiger partial charge in [0.05, 0.1) is 10.9 Å². The molecule has 1 aliphatic rings. The minimum absolute atomic E-state index is 0.101. The summed E-state index contributed by atoms with van der Waals surface area (Å²) in [7, 11) is 0. The summed E-state index contributed by atoms with van der Waals surface area (Å²) in [5.41, 5.74) is 0.839. The van der Waals surface area contributed by atoms with Gasteiger partial charge in [0, 0.05) is 18.1 Å². The zero-order valence-electron chi connectivity index (χ0n) is 12.6. The second-order valence-electron chi connectivity index (χ2n) is 4.78. The van der Waals surface area contributed by atoms with E-state index in [1.165, 1.54) is 35.2 Å². The topological polar surface area (TPSA) is 85.7 Å². The highest BCUT2D eigenvalue weighted by molar-refractivity contribution is 8.18. The Morgan fingerprint density at radius 2 is 2.12 bits per heavy atom. The van der Waals surface area contributed by atoms with Crippen molar-refractivity contribution in [1.29, 1.82) is 0 Å². The van der Waals surface area contributed by atoms with Crippen molar-refractivity contribution in [1.82, 2.24) is 9.88 Å². The van der Waals surface area contributed by atoms with Gasteiger partial charge < -0.3 is 9.90 Å². The molecular formula is C16H12N3O3S2-. The lowest BCUT2D eigenvalue weighted by Crippen LogP contribution is -2.28. The number of rotatable bonds is 4. The third kappa shape index (κ3) is 3.39. The first-order valence-corrected chi connectivity index (χ1v) is 8.79. The van der Waals surface area contributed by atoms with Gasteiger partial charge in [-0.3, -0.25) is 9.69 Å². The van der Waals surface area contributed by atoms with Crippen LogP contribution in [-0.4, -0.2) is 33.5 Å². The van der Waals surface area contributed by atoms with E-state index in [0.717, 1.165) is 5.56 Å². The molecule has 122 valence electrons. The molecule has 1 saturated heterocycles. The standard InChI is InChI=1S/C16H13N3O3S2/c1-2-19-13(20)12(24-16(19)18-15-17-7-8-23-15)9-10-3-5-11(6-4-10)14(21)22/h3-9H,2H2,1H3,(H,21,22)/p-1/b12-9-,18-16?. The molecule has 1 fully saturated rings. The summed E-state index contributed by atoms with van der Waals surface area (Å²) in [6.07, 6.45) is 3.39. The van der Waals surface area contributed by atoms with E-state index in [-0.39, 0.29) is 11.5 Å². The molecule has 1 aromatic heterocycles. The van der Waals surface area contributed by atoms with Crippen LogP contribution in [0.1, 0.15) is 22.8 Å². The van der Waals surface area contributed by atoms with Crippen LogP contribution in [0.2, 0.25) is 0 Å². The number of thiazole rings is 1. The zero-order valence-corrected chi connectivity index (χ0v) is 14.3. The molecule has 2 heterocycles. The number of hydrogen-bond donors (Lipinski definition) is 0. The molecule has 8 heteroatoms. The molecule has 0 aliphatic carbocycles. The molecular weight excluding hydrogens is 346 g/mol. The number of aromatic nitrogens is 1. The number of carboxylic acid groups (broad SMARTS) is 1. The van der Waals surface area contributed by atoms with Gasteiger partial charge in [0.2, 0.25) is 5.13 Å². The largest absolute Gasteiger partial charge is 0.545 e. The minimum atomic E-state index is -1.23. The number of carbonyl (C=O) groups is 2. The van der Waals surface area contributed by atoms with Crippen molar-refractivity contribution < 1.29 is 14.7 Å². The predicted octanol–water partition coefficient (Wildman–Crippen LogP) is 2.13. The molecule has 0 bridgehead atoms. The highest BCUT2D eigenvalue weighted by Gasteiger charge is 2.32. The van der Waals surface area contributed by atoms with Crippen LogP contribution < -0.4 is 5.11 Å². The number of likely N-dealkylation sites (N-methyl/N-ethyl adjacent to an activating group) is 1. The smallest absolute Gasteiger partial charge is 0.266 e. The van der Waals surface area contributed by atoms with Crippen LogP contribution in [-0.2, 0) is 4.79 Å². The summed E-state index contributed by atoms with van der Waals surface area (Å²) in [4.78, 5) is 33.9. The highest BCUT2D eigenvalue weighted by atomic mass is 32.2. The maximum Gasteiger partial charge on any atom is 0.266 e. The lowest BCUT2D eigenvalue weighted by molar-refractivity contribution is -0.255. The quantitative estimate of drug-likeness (QED) is 0.782. The molecule has 0 saturated carbocycles. The maximum atomic E-state index is 12.5. The van der Waals surface area contributed by atoms with Crippen LogP contribution in [0, 0.1) is 0 Å². The number of aliphatic imine (C=N–C) groups is 1. The number of hydrogen-bond acceptors (Lipinski definition) is 7. The third-order valence-corrected chi connectivity index (χ3v) is 4.93. The zero-order chi connectivity index (χ0) is 17.1. The van der Waals surface area contributed by atoms with Crippen molar-refractivity contribution in [3.8, 4) is 0 Å². The average molecular weight is 358 g/mol. The summed E-state index contributed by atoms with van der Waals surface area (Å²) < 4.78 is 0. The van der Waals surface area contributed by atoms with E-state index in [4.69, 9.17) is 0 Å². The number of aromatic carboxylic acids is 1. The van der Waals surface area contributed by atoms with Gasteiger partial charge in [-0.05, 0) is 35.9 Å². The van der Waals surface area contributed by atoms with E-state index in [1.54, 1.807) is 29.3 Å². The lowest BCUT2D eigenvalue weighted by Gasteiger charge is -2.11. The van der Waals surface area contributed by atoms with Crippen molar-refractivity contribution in [2.45, 2.75) is 6.92 Å². The van der Waals surface area contributed by atoms with E-state index in [0.29, 0.717) is 21.7 Å². The fourth-order valence-electron chi connectivity index (χ4n) is 2.09. The summed E-state index contributed by atoms with van der Waals surface area (Å²) in [5, 5.41) is 13.8.